The number of morpholine rings is 1. The summed E-state index contributed by atoms with van der Waals surface area (Å²) >= 11 is 1.50. The van der Waals surface area contributed by atoms with Crippen LogP contribution in [0.1, 0.15) is 11.1 Å². The third-order valence-corrected chi connectivity index (χ3v) is 6.34. The lowest BCUT2D eigenvalue weighted by molar-refractivity contribution is -0.134. The van der Waals surface area contributed by atoms with Gasteiger partial charge in [-0.1, -0.05) is 60.7 Å². The molecule has 1 heterocycles. The number of imide groups is 1. The van der Waals surface area contributed by atoms with Crippen molar-refractivity contribution in [3.63, 3.8) is 0 Å². The lowest BCUT2D eigenvalue weighted by atomic mass is 10.1. The number of rotatable bonds is 9. The van der Waals surface area contributed by atoms with Crippen molar-refractivity contribution >= 4 is 30.0 Å². The second kappa shape index (κ2) is 12.4. The van der Waals surface area contributed by atoms with Crippen molar-refractivity contribution in [2.24, 2.45) is 5.73 Å². The third-order valence-electron chi connectivity index (χ3n) is 5.23. The van der Waals surface area contributed by atoms with Crippen molar-refractivity contribution in [3.05, 3.63) is 71.8 Å². The average molecular weight is 456 g/mol. The Morgan fingerprint density at radius 3 is 2.22 bits per heavy atom. The Balaban J connectivity index is 1.73. The third kappa shape index (κ3) is 6.66. The van der Waals surface area contributed by atoms with E-state index in [0.717, 1.165) is 16.0 Å². The highest BCUT2D eigenvalue weighted by atomic mass is 32.2. The molecule has 0 aliphatic carbocycles. The van der Waals surface area contributed by atoms with E-state index in [1.165, 1.54) is 11.8 Å². The van der Waals surface area contributed by atoms with Crippen molar-refractivity contribution in [1.29, 1.82) is 0 Å². The molecule has 1 fully saturated rings. The van der Waals surface area contributed by atoms with Gasteiger partial charge in [-0.2, -0.15) is 11.8 Å². The molecule has 2 atom stereocenters. The van der Waals surface area contributed by atoms with Crippen LogP contribution in [0.15, 0.2) is 60.7 Å². The molecule has 0 aromatic heterocycles. The van der Waals surface area contributed by atoms with E-state index in [4.69, 9.17) is 10.5 Å². The molecule has 1 saturated heterocycles. The summed E-state index contributed by atoms with van der Waals surface area (Å²) in [6, 6.07) is 16.9. The van der Waals surface area contributed by atoms with Crippen LogP contribution < -0.4 is 5.73 Å². The molecule has 0 radical (unpaired) electrons. The van der Waals surface area contributed by atoms with Crippen LogP contribution in [0.5, 0.6) is 0 Å². The molecular formula is C24H29N3O4S. The number of ether oxygens (including phenoxy) is 1. The van der Waals surface area contributed by atoms with Crippen molar-refractivity contribution in [3.8, 4) is 0 Å². The summed E-state index contributed by atoms with van der Waals surface area (Å²) < 4.78 is 5.32. The average Bonchev–Trinajstić information content (AvgIpc) is 2.84. The molecule has 0 unspecified atom stereocenters. The Morgan fingerprint density at radius 2 is 1.62 bits per heavy atom. The number of hydrogen-bond acceptors (Lipinski definition) is 6. The summed E-state index contributed by atoms with van der Waals surface area (Å²) in [6.45, 7) is 1.55. The molecule has 0 saturated carbocycles. The van der Waals surface area contributed by atoms with Crippen LogP contribution >= 0.6 is 11.8 Å². The van der Waals surface area contributed by atoms with Gasteiger partial charge in [-0.05, 0) is 17.5 Å². The second-order valence-electron chi connectivity index (χ2n) is 7.59. The lowest BCUT2D eigenvalue weighted by Crippen LogP contribution is -2.58. The standard InChI is InChI=1S/C24H29N3O4S/c25-22(15-19-7-3-1-4-8-19)23(29)27(24(30)26-11-13-31-14-12-26)21(16-28)18-32-17-20-9-5-2-6-10-20/h1-10,16,21-22H,11-15,17-18,25H2/t21-,22+/m1/s1. The van der Waals surface area contributed by atoms with Crippen LogP contribution in [0, 0.1) is 0 Å². The minimum absolute atomic E-state index is 0.287. The highest BCUT2D eigenvalue weighted by Gasteiger charge is 2.36. The van der Waals surface area contributed by atoms with E-state index in [0.29, 0.717) is 44.1 Å². The Kier molecular flexibility index (Phi) is 9.27. The zero-order valence-corrected chi connectivity index (χ0v) is 18.8. The summed E-state index contributed by atoms with van der Waals surface area (Å²) in [5.41, 5.74) is 8.23. The zero-order chi connectivity index (χ0) is 22.8. The maximum atomic E-state index is 13.3. The van der Waals surface area contributed by atoms with E-state index in [1.54, 1.807) is 4.90 Å². The minimum Gasteiger partial charge on any atom is -0.378 e. The van der Waals surface area contributed by atoms with Gasteiger partial charge in [0.05, 0.1) is 19.3 Å². The first-order valence-corrected chi connectivity index (χ1v) is 11.8. The maximum Gasteiger partial charge on any atom is 0.327 e. The molecule has 7 nitrogen and oxygen atoms in total. The van der Waals surface area contributed by atoms with Gasteiger partial charge in [-0.15, -0.1) is 0 Å². The van der Waals surface area contributed by atoms with Crippen LogP contribution in [-0.4, -0.2) is 72.2 Å². The number of nitrogens with zero attached hydrogens (tertiary/aromatic N) is 2. The van der Waals surface area contributed by atoms with Gasteiger partial charge in [-0.25, -0.2) is 4.79 Å². The van der Waals surface area contributed by atoms with Crippen LogP contribution in [0.25, 0.3) is 0 Å². The molecule has 0 bridgehead atoms. The zero-order valence-electron chi connectivity index (χ0n) is 18.0. The van der Waals surface area contributed by atoms with Gasteiger partial charge in [0.1, 0.15) is 12.3 Å². The number of carbonyl (C=O) groups excluding carboxylic acids is 3. The van der Waals surface area contributed by atoms with Crippen LogP contribution in [0.2, 0.25) is 0 Å². The first kappa shape index (κ1) is 24.0. The monoisotopic (exact) mass is 455 g/mol. The molecule has 2 aromatic carbocycles. The SMILES string of the molecule is N[C@@H](Cc1ccccc1)C(=O)N(C(=O)N1CCOCC1)[C@H](C=O)CSCc1ccccc1. The predicted molar refractivity (Wildman–Crippen MR) is 125 cm³/mol. The number of amides is 3. The lowest BCUT2D eigenvalue weighted by Gasteiger charge is -2.35. The van der Waals surface area contributed by atoms with Crippen LogP contribution in [0.3, 0.4) is 0 Å². The van der Waals surface area contributed by atoms with Crippen LogP contribution in [-0.2, 0) is 26.5 Å². The fraction of sp³-hybridized carbons (Fsp3) is 0.375. The summed E-state index contributed by atoms with van der Waals surface area (Å²) in [5.74, 6) is 0.440. The molecule has 2 N–H and O–H groups in total. The molecule has 3 rings (SSSR count). The number of nitrogens with two attached hydrogens (primary N) is 1. The Hall–Kier alpha value is -2.68. The summed E-state index contributed by atoms with van der Waals surface area (Å²) in [5, 5.41) is 0. The minimum atomic E-state index is -0.927. The number of urea groups is 1. The van der Waals surface area contributed by atoms with E-state index < -0.39 is 24.0 Å². The predicted octanol–water partition coefficient (Wildman–Crippen LogP) is 2.34. The molecule has 3 amide bonds. The maximum absolute atomic E-state index is 13.3. The number of hydrogen-bond donors (Lipinski definition) is 1. The Morgan fingerprint density at radius 1 is 1.03 bits per heavy atom. The van der Waals surface area contributed by atoms with E-state index in [9.17, 15) is 14.4 Å². The smallest absolute Gasteiger partial charge is 0.327 e. The van der Waals surface area contributed by atoms with Gasteiger partial charge >= 0.3 is 6.03 Å². The molecule has 1 aliphatic rings. The molecule has 32 heavy (non-hydrogen) atoms. The van der Waals surface area contributed by atoms with Gasteiger partial charge in [0.15, 0.2) is 0 Å². The quantitative estimate of drug-likeness (QED) is 0.584. The normalized spacial score (nSPS) is 15.6. The largest absolute Gasteiger partial charge is 0.378 e. The van der Waals surface area contributed by atoms with Crippen molar-refractivity contribution < 1.29 is 19.1 Å². The molecule has 1 aliphatic heterocycles. The van der Waals surface area contributed by atoms with Gasteiger partial charge in [0, 0.05) is 24.6 Å². The Bertz CT molecular complexity index is 875. The second-order valence-corrected chi connectivity index (χ2v) is 8.62. The van der Waals surface area contributed by atoms with E-state index in [-0.39, 0.29) is 6.42 Å². The fourth-order valence-corrected chi connectivity index (χ4v) is 4.50. The van der Waals surface area contributed by atoms with Crippen molar-refractivity contribution in [1.82, 2.24) is 9.80 Å². The molecule has 170 valence electrons. The topological polar surface area (TPSA) is 92.9 Å². The molecule has 2 aromatic rings. The number of carbonyl (C=O) groups is 3. The number of aldehydes is 1. The Labute approximate surface area is 192 Å². The van der Waals surface area contributed by atoms with E-state index in [1.807, 2.05) is 60.7 Å². The van der Waals surface area contributed by atoms with E-state index in [2.05, 4.69) is 0 Å². The van der Waals surface area contributed by atoms with Crippen LogP contribution in [0.4, 0.5) is 4.79 Å². The molecule has 0 spiro atoms. The van der Waals surface area contributed by atoms with Crippen molar-refractivity contribution in [2.45, 2.75) is 24.3 Å². The first-order valence-electron chi connectivity index (χ1n) is 10.7. The van der Waals surface area contributed by atoms with Gasteiger partial charge in [0.25, 0.3) is 0 Å². The number of benzene rings is 2. The van der Waals surface area contributed by atoms with E-state index >= 15 is 0 Å². The first-order chi connectivity index (χ1) is 15.6. The highest BCUT2D eigenvalue weighted by molar-refractivity contribution is 7.98. The summed E-state index contributed by atoms with van der Waals surface area (Å²) in [4.78, 5) is 41.2. The molecule has 8 heteroatoms. The highest BCUT2D eigenvalue weighted by Crippen LogP contribution is 2.18. The fourth-order valence-electron chi connectivity index (χ4n) is 3.49. The van der Waals surface area contributed by atoms with Crippen molar-refractivity contribution in [2.75, 3.05) is 32.1 Å². The molecular weight excluding hydrogens is 426 g/mol. The summed E-state index contributed by atoms with van der Waals surface area (Å²) in [7, 11) is 0. The van der Waals surface area contributed by atoms with Gasteiger partial charge < -0.3 is 20.2 Å². The number of thioether (sulfide) groups is 1. The summed E-state index contributed by atoms with van der Waals surface area (Å²) in [6.07, 6.45) is 0.957. The van der Waals surface area contributed by atoms with Gasteiger partial charge in [-0.3, -0.25) is 9.69 Å². The van der Waals surface area contributed by atoms with Gasteiger partial charge in [0.2, 0.25) is 5.91 Å².